The Balaban J connectivity index is 1.48. The van der Waals surface area contributed by atoms with Gasteiger partial charge < -0.3 is 15.4 Å². The number of ether oxygens (including phenoxy) is 1. The summed E-state index contributed by atoms with van der Waals surface area (Å²) in [6.45, 7) is 0. The van der Waals surface area contributed by atoms with Gasteiger partial charge in [0.2, 0.25) is 11.8 Å². The molecule has 0 spiro atoms. The maximum Gasteiger partial charge on any atom is 0.237 e. The van der Waals surface area contributed by atoms with Crippen LogP contribution >= 0.6 is 0 Å². The molecule has 1 aliphatic carbocycles. The van der Waals surface area contributed by atoms with Crippen LogP contribution in [0.5, 0.6) is 5.75 Å². The molecule has 2 N–H and O–H groups in total. The number of hydrogen-bond acceptors (Lipinski definition) is 4. The highest BCUT2D eigenvalue weighted by atomic mass is 32.2. The smallest absolute Gasteiger partial charge is 0.237 e. The normalized spacial score (nSPS) is 16.5. The maximum atomic E-state index is 12.3. The van der Waals surface area contributed by atoms with E-state index in [0.29, 0.717) is 11.4 Å². The average Bonchev–Trinajstić information content (AvgIpc) is 2.68. The summed E-state index contributed by atoms with van der Waals surface area (Å²) in [4.78, 5) is 24.3. The number of rotatable bonds is 7. The Morgan fingerprint density at radius 2 is 1.79 bits per heavy atom. The standard InChI is InChI=1S/C21H24N2O4S/c1-27-17-11-9-16(10-12-17)22-20(24)13-28(26)14-21(25)23-19-8-4-6-15-5-2-3-7-18(15)19/h2-3,5,7,9-12,19H,4,6,8,13-14H2,1H3,(H,22,24)(H,23,25)/t19-,28-/m1/s1. The van der Waals surface area contributed by atoms with Gasteiger partial charge in [0.15, 0.2) is 0 Å². The van der Waals surface area contributed by atoms with E-state index < -0.39 is 10.8 Å². The van der Waals surface area contributed by atoms with E-state index in [2.05, 4.69) is 16.7 Å². The highest BCUT2D eigenvalue weighted by molar-refractivity contribution is 7.86. The van der Waals surface area contributed by atoms with Gasteiger partial charge in [-0.05, 0) is 54.7 Å². The minimum atomic E-state index is -1.57. The van der Waals surface area contributed by atoms with Gasteiger partial charge in [-0.2, -0.15) is 0 Å². The third kappa shape index (κ3) is 5.42. The first-order valence-corrected chi connectivity index (χ1v) is 10.7. The Labute approximate surface area is 167 Å². The lowest BCUT2D eigenvalue weighted by atomic mass is 9.88. The van der Waals surface area contributed by atoms with Crippen LogP contribution in [0.15, 0.2) is 48.5 Å². The predicted octanol–water partition coefficient (Wildman–Crippen LogP) is 2.58. The molecule has 0 bridgehead atoms. The van der Waals surface area contributed by atoms with Crippen molar-refractivity contribution in [3.63, 3.8) is 0 Å². The molecular weight excluding hydrogens is 376 g/mol. The van der Waals surface area contributed by atoms with Crippen LogP contribution in [-0.4, -0.2) is 34.6 Å². The van der Waals surface area contributed by atoms with Crippen molar-refractivity contribution in [3.05, 3.63) is 59.7 Å². The number of carbonyl (C=O) groups is 2. The molecule has 3 rings (SSSR count). The summed E-state index contributed by atoms with van der Waals surface area (Å²) < 4.78 is 17.3. The van der Waals surface area contributed by atoms with Crippen LogP contribution in [0, 0.1) is 0 Å². The van der Waals surface area contributed by atoms with E-state index in [9.17, 15) is 13.8 Å². The second kappa shape index (κ2) is 9.50. The molecule has 0 unspecified atom stereocenters. The van der Waals surface area contributed by atoms with Crippen molar-refractivity contribution >= 4 is 28.3 Å². The number of nitrogens with one attached hydrogen (secondary N) is 2. The maximum absolute atomic E-state index is 12.3. The van der Waals surface area contributed by atoms with Crippen LogP contribution in [0.3, 0.4) is 0 Å². The zero-order valence-electron chi connectivity index (χ0n) is 15.8. The fourth-order valence-corrected chi connectivity index (χ4v) is 4.20. The Bertz CT molecular complexity index is 867. The number of anilines is 1. The van der Waals surface area contributed by atoms with Crippen molar-refractivity contribution in [2.45, 2.75) is 25.3 Å². The molecule has 28 heavy (non-hydrogen) atoms. The van der Waals surface area contributed by atoms with E-state index in [1.165, 1.54) is 5.56 Å². The first-order valence-electron chi connectivity index (χ1n) is 9.21. The van der Waals surface area contributed by atoms with Crippen LogP contribution in [0.25, 0.3) is 0 Å². The van der Waals surface area contributed by atoms with E-state index in [-0.39, 0.29) is 29.4 Å². The van der Waals surface area contributed by atoms with Gasteiger partial charge in [0, 0.05) is 16.5 Å². The summed E-state index contributed by atoms with van der Waals surface area (Å²) in [7, 11) is -0.00757. The molecule has 2 amide bonds. The van der Waals surface area contributed by atoms with Crippen molar-refractivity contribution in [1.29, 1.82) is 0 Å². The Morgan fingerprint density at radius 3 is 2.54 bits per heavy atom. The Kier molecular flexibility index (Phi) is 6.81. The van der Waals surface area contributed by atoms with Gasteiger partial charge in [-0.15, -0.1) is 0 Å². The number of methoxy groups -OCH3 is 1. The van der Waals surface area contributed by atoms with Gasteiger partial charge in [0.05, 0.1) is 13.2 Å². The fraction of sp³-hybridized carbons (Fsp3) is 0.333. The molecule has 148 valence electrons. The summed E-state index contributed by atoms with van der Waals surface area (Å²) in [6.07, 6.45) is 2.89. The largest absolute Gasteiger partial charge is 0.497 e. The number of amides is 2. The summed E-state index contributed by atoms with van der Waals surface area (Å²) in [6, 6.07) is 14.9. The number of aryl methyl sites for hydroxylation is 1. The molecule has 0 aromatic heterocycles. The summed E-state index contributed by atoms with van der Waals surface area (Å²) in [5.74, 6) is -0.408. The van der Waals surface area contributed by atoms with Gasteiger partial charge in [0.1, 0.15) is 17.3 Å². The molecule has 1 aliphatic rings. The van der Waals surface area contributed by atoms with E-state index in [0.717, 1.165) is 24.8 Å². The van der Waals surface area contributed by atoms with Gasteiger partial charge >= 0.3 is 0 Å². The van der Waals surface area contributed by atoms with Crippen LogP contribution < -0.4 is 15.4 Å². The SMILES string of the molecule is COc1ccc(NC(=O)C[S@@](=O)CC(=O)N[C@@H]2CCCc3ccccc32)cc1. The topological polar surface area (TPSA) is 84.5 Å². The molecule has 0 saturated heterocycles. The minimum absolute atomic E-state index is 0.0532. The third-order valence-electron chi connectivity index (χ3n) is 4.66. The Morgan fingerprint density at radius 1 is 1.07 bits per heavy atom. The van der Waals surface area contributed by atoms with Crippen LogP contribution in [0.4, 0.5) is 5.69 Å². The summed E-state index contributed by atoms with van der Waals surface area (Å²) in [5, 5.41) is 5.64. The molecular formula is C21H24N2O4S. The zero-order chi connectivity index (χ0) is 19.9. The highest BCUT2D eigenvalue weighted by Crippen LogP contribution is 2.29. The van der Waals surface area contributed by atoms with E-state index in [4.69, 9.17) is 4.74 Å². The second-order valence-electron chi connectivity index (χ2n) is 6.72. The van der Waals surface area contributed by atoms with E-state index in [1.54, 1.807) is 31.4 Å². The number of carbonyl (C=O) groups excluding carboxylic acids is 2. The van der Waals surface area contributed by atoms with E-state index >= 15 is 0 Å². The molecule has 0 heterocycles. The molecule has 6 nitrogen and oxygen atoms in total. The van der Waals surface area contributed by atoms with E-state index in [1.807, 2.05) is 18.2 Å². The molecule has 2 atom stereocenters. The molecule has 0 saturated carbocycles. The van der Waals surface area contributed by atoms with Crippen molar-refractivity contribution in [2.75, 3.05) is 23.9 Å². The summed E-state index contributed by atoms with van der Waals surface area (Å²) >= 11 is 0. The molecule has 7 heteroatoms. The van der Waals surface area contributed by atoms with Crippen LogP contribution in [0.2, 0.25) is 0 Å². The fourth-order valence-electron chi connectivity index (χ4n) is 3.35. The lowest BCUT2D eigenvalue weighted by Gasteiger charge is -2.26. The lowest BCUT2D eigenvalue weighted by molar-refractivity contribution is -0.119. The minimum Gasteiger partial charge on any atom is -0.497 e. The van der Waals surface area contributed by atoms with Gasteiger partial charge in [-0.1, -0.05) is 24.3 Å². The van der Waals surface area contributed by atoms with Crippen LogP contribution in [0.1, 0.15) is 30.0 Å². The lowest BCUT2D eigenvalue weighted by Crippen LogP contribution is -2.35. The average molecular weight is 401 g/mol. The van der Waals surface area contributed by atoms with Gasteiger partial charge in [0.25, 0.3) is 0 Å². The van der Waals surface area contributed by atoms with Crippen molar-refractivity contribution in [1.82, 2.24) is 5.32 Å². The zero-order valence-corrected chi connectivity index (χ0v) is 16.6. The first-order chi connectivity index (χ1) is 13.5. The monoisotopic (exact) mass is 400 g/mol. The summed E-state index contributed by atoms with van der Waals surface area (Å²) in [5.41, 5.74) is 2.97. The Hall–Kier alpha value is -2.67. The molecule has 2 aromatic rings. The third-order valence-corrected chi connectivity index (χ3v) is 5.83. The molecule has 0 aliphatic heterocycles. The van der Waals surface area contributed by atoms with Crippen LogP contribution in [-0.2, 0) is 26.8 Å². The number of fused-ring (bicyclic) bond motifs is 1. The van der Waals surface area contributed by atoms with Crippen molar-refractivity contribution < 1.29 is 18.5 Å². The number of benzene rings is 2. The highest BCUT2D eigenvalue weighted by Gasteiger charge is 2.22. The second-order valence-corrected chi connectivity index (χ2v) is 8.17. The van der Waals surface area contributed by atoms with Crippen molar-refractivity contribution in [3.8, 4) is 5.75 Å². The molecule has 0 fully saturated rings. The van der Waals surface area contributed by atoms with Gasteiger partial charge in [-0.3, -0.25) is 13.8 Å². The van der Waals surface area contributed by atoms with Gasteiger partial charge in [-0.25, -0.2) is 0 Å². The molecule has 0 radical (unpaired) electrons. The van der Waals surface area contributed by atoms with Crippen molar-refractivity contribution in [2.24, 2.45) is 0 Å². The first kappa shape index (κ1) is 20.1. The molecule has 2 aromatic carbocycles. The number of hydrogen-bond donors (Lipinski definition) is 2. The predicted molar refractivity (Wildman–Crippen MR) is 110 cm³/mol. The quantitative estimate of drug-likeness (QED) is 0.748.